The highest BCUT2D eigenvalue weighted by molar-refractivity contribution is 5.76. The molecule has 5 rings (SSSR count). The standard InChI is InChI=1S/C25H28N2O5/c28-23(8-5-13-27-19-6-1-2-7-20(19)32-24(27)29)26-17-25(11-3-4-12-25)18-9-10-21-22(16-18)31-15-14-30-21/h1-2,6-7,9-10,16H,3-5,8,11-15,17H2,(H,26,28). The van der Waals surface area contributed by atoms with Crippen LogP contribution in [0.4, 0.5) is 0 Å². The first-order valence-electron chi connectivity index (χ1n) is 11.4. The van der Waals surface area contributed by atoms with Crippen LogP contribution in [0.3, 0.4) is 0 Å². The van der Waals surface area contributed by atoms with Gasteiger partial charge in [-0.3, -0.25) is 9.36 Å². The van der Waals surface area contributed by atoms with E-state index < -0.39 is 0 Å². The van der Waals surface area contributed by atoms with Crippen LogP contribution in [0.1, 0.15) is 44.1 Å². The van der Waals surface area contributed by atoms with Crippen LogP contribution in [0, 0.1) is 0 Å². The van der Waals surface area contributed by atoms with Crippen molar-refractivity contribution in [2.24, 2.45) is 0 Å². The Balaban J connectivity index is 1.20. The van der Waals surface area contributed by atoms with Gasteiger partial charge in [-0.15, -0.1) is 0 Å². The maximum atomic E-state index is 12.6. The zero-order valence-corrected chi connectivity index (χ0v) is 18.1. The van der Waals surface area contributed by atoms with Gasteiger partial charge in [0, 0.05) is 24.9 Å². The van der Waals surface area contributed by atoms with Crippen LogP contribution < -0.4 is 20.5 Å². The Morgan fingerprint density at radius 3 is 2.66 bits per heavy atom. The maximum Gasteiger partial charge on any atom is 0.419 e. The van der Waals surface area contributed by atoms with Crippen LogP contribution >= 0.6 is 0 Å². The van der Waals surface area contributed by atoms with Gasteiger partial charge >= 0.3 is 5.76 Å². The minimum atomic E-state index is -0.380. The third-order valence-corrected chi connectivity index (χ3v) is 6.70. The quantitative estimate of drug-likeness (QED) is 0.610. The van der Waals surface area contributed by atoms with E-state index in [0.29, 0.717) is 44.7 Å². The zero-order valence-electron chi connectivity index (χ0n) is 18.1. The lowest BCUT2D eigenvalue weighted by Gasteiger charge is -2.31. The summed E-state index contributed by atoms with van der Waals surface area (Å²) in [5, 5.41) is 3.15. The number of oxazole rings is 1. The fourth-order valence-electron chi connectivity index (χ4n) is 4.97. The number of carbonyl (C=O) groups excluding carboxylic acids is 1. The second-order valence-electron chi connectivity index (χ2n) is 8.71. The normalized spacial score (nSPS) is 16.9. The molecule has 1 aliphatic heterocycles. The molecule has 32 heavy (non-hydrogen) atoms. The Bertz CT molecular complexity index is 1170. The number of aryl methyl sites for hydroxylation is 1. The fraction of sp³-hybridized carbons (Fsp3) is 0.440. The summed E-state index contributed by atoms with van der Waals surface area (Å²) in [6.45, 7) is 2.21. The lowest BCUT2D eigenvalue weighted by molar-refractivity contribution is -0.121. The number of nitrogens with zero attached hydrogens (tertiary/aromatic N) is 1. The van der Waals surface area contributed by atoms with E-state index in [9.17, 15) is 9.59 Å². The van der Waals surface area contributed by atoms with Gasteiger partial charge in [0.25, 0.3) is 0 Å². The molecule has 0 bridgehead atoms. The van der Waals surface area contributed by atoms with Gasteiger partial charge in [0.05, 0.1) is 5.52 Å². The third kappa shape index (κ3) is 3.99. The lowest BCUT2D eigenvalue weighted by atomic mass is 9.78. The molecule has 0 spiro atoms. The molecule has 2 aliphatic rings. The number of hydrogen-bond donors (Lipinski definition) is 1. The fourth-order valence-corrected chi connectivity index (χ4v) is 4.97. The number of hydrogen-bond acceptors (Lipinski definition) is 5. The molecular weight excluding hydrogens is 408 g/mol. The van der Waals surface area contributed by atoms with Crippen molar-refractivity contribution >= 4 is 17.0 Å². The monoisotopic (exact) mass is 436 g/mol. The minimum Gasteiger partial charge on any atom is -0.486 e. The second-order valence-corrected chi connectivity index (χ2v) is 8.71. The van der Waals surface area contributed by atoms with Crippen molar-refractivity contribution in [3.05, 3.63) is 58.6 Å². The van der Waals surface area contributed by atoms with Gasteiger partial charge in [0.1, 0.15) is 13.2 Å². The van der Waals surface area contributed by atoms with Gasteiger partial charge in [0.15, 0.2) is 17.1 Å². The Morgan fingerprint density at radius 2 is 1.81 bits per heavy atom. The molecule has 0 radical (unpaired) electrons. The van der Waals surface area contributed by atoms with Gasteiger partial charge in [0.2, 0.25) is 5.91 Å². The van der Waals surface area contributed by atoms with E-state index in [1.165, 1.54) is 5.56 Å². The number of nitrogens with one attached hydrogen (secondary N) is 1. The van der Waals surface area contributed by atoms with Crippen LogP contribution in [-0.2, 0) is 16.8 Å². The average molecular weight is 437 g/mol. The van der Waals surface area contributed by atoms with Crippen molar-refractivity contribution in [3.8, 4) is 11.5 Å². The van der Waals surface area contributed by atoms with Gasteiger partial charge in [-0.2, -0.15) is 0 Å². The number of rotatable bonds is 7. The topological polar surface area (TPSA) is 82.7 Å². The van der Waals surface area contributed by atoms with E-state index in [1.807, 2.05) is 24.3 Å². The summed E-state index contributed by atoms with van der Waals surface area (Å²) >= 11 is 0. The molecule has 2 aromatic carbocycles. The first-order valence-corrected chi connectivity index (χ1v) is 11.4. The zero-order chi connectivity index (χ0) is 22.0. The number of ether oxygens (including phenoxy) is 2. The Kier molecular flexibility index (Phi) is 5.64. The number of para-hydroxylation sites is 2. The van der Waals surface area contributed by atoms with Crippen molar-refractivity contribution in [2.75, 3.05) is 19.8 Å². The predicted molar refractivity (Wildman–Crippen MR) is 120 cm³/mol. The smallest absolute Gasteiger partial charge is 0.419 e. The molecule has 1 N–H and O–H groups in total. The number of benzene rings is 2. The van der Waals surface area contributed by atoms with Crippen molar-refractivity contribution in [1.82, 2.24) is 9.88 Å². The molecule has 1 amide bonds. The minimum absolute atomic E-state index is 0.00895. The van der Waals surface area contributed by atoms with E-state index in [-0.39, 0.29) is 17.1 Å². The number of fused-ring (bicyclic) bond motifs is 2. The molecule has 2 heterocycles. The molecule has 7 nitrogen and oxygen atoms in total. The van der Waals surface area contributed by atoms with E-state index in [2.05, 4.69) is 17.4 Å². The van der Waals surface area contributed by atoms with Crippen molar-refractivity contribution in [2.45, 2.75) is 50.5 Å². The van der Waals surface area contributed by atoms with Crippen LogP contribution in [0.5, 0.6) is 11.5 Å². The molecule has 0 atom stereocenters. The third-order valence-electron chi connectivity index (χ3n) is 6.70. The first kappa shape index (κ1) is 20.7. The average Bonchev–Trinajstić information content (AvgIpc) is 3.43. The number of aromatic nitrogens is 1. The van der Waals surface area contributed by atoms with Crippen LogP contribution in [0.2, 0.25) is 0 Å². The van der Waals surface area contributed by atoms with Gasteiger partial charge in [-0.1, -0.05) is 31.0 Å². The molecule has 1 aromatic heterocycles. The SMILES string of the molecule is O=C(CCCn1c(=O)oc2ccccc21)NCC1(c2ccc3c(c2)OCCO3)CCCC1. The summed E-state index contributed by atoms with van der Waals surface area (Å²) < 4.78 is 18.3. The van der Waals surface area contributed by atoms with Crippen LogP contribution in [0.15, 0.2) is 51.7 Å². The van der Waals surface area contributed by atoms with Gasteiger partial charge < -0.3 is 19.2 Å². The molecule has 1 saturated carbocycles. The number of carbonyl (C=O) groups is 1. The molecule has 0 unspecified atom stereocenters. The Labute approximate surface area is 186 Å². The van der Waals surface area contributed by atoms with Crippen molar-refractivity contribution < 1.29 is 18.7 Å². The van der Waals surface area contributed by atoms with Gasteiger partial charge in [-0.05, 0) is 49.1 Å². The molecule has 168 valence electrons. The molecule has 1 fully saturated rings. The molecular formula is C25H28N2O5. The van der Waals surface area contributed by atoms with Crippen LogP contribution in [0.25, 0.3) is 11.1 Å². The lowest BCUT2D eigenvalue weighted by Crippen LogP contribution is -2.39. The first-order chi connectivity index (χ1) is 15.6. The summed E-state index contributed by atoms with van der Waals surface area (Å²) in [5.41, 5.74) is 2.48. The summed E-state index contributed by atoms with van der Waals surface area (Å²) in [5.74, 6) is 1.22. The van der Waals surface area contributed by atoms with E-state index >= 15 is 0 Å². The largest absolute Gasteiger partial charge is 0.486 e. The van der Waals surface area contributed by atoms with Crippen molar-refractivity contribution in [1.29, 1.82) is 0 Å². The van der Waals surface area contributed by atoms with Crippen LogP contribution in [-0.4, -0.2) is 30.2 Å². The summed E-state index contributed by atoms with van der Waals surface area (Å²) in [7, 11) is 0. The highest BCUT2D eigenvalue weighted by atomic mass is 16.6. The number of amides is 1. The van der Waals surface area contributed by atoms with E-state index in [1.54, 1.807) is 10.6 Å². The Hall–Kier alpha value is -3.22. The maximum absolute atomic E-state index is 12.6. The van der Waals surface area contributed by atoms with E-state index in [4.69, 9.17) is 13.9 Å². The molecule has 1 aliphatic carbocycles. The highest BCUT2D eigenvalue weighted by Crippen LogP contribution is 2.43. The van der Waals surface area contributed by atoms with Crippen molar-refractivity contribution in [3.63, 3.8) is 0 Å². The molecule has 0 saturated heterocycles. The summed E-state index contributed by atoms with van der Waals surface area (Å²) in [4.78, 5) is 24.7. The molecule has 7 heteroatoms. The predicted octanol–water partition coefficient (Wildman–Crippen LogP) is 3.77. The van der Waals surface area contributed by atoms with Gasteiger partial charge in [-0.25, -0.2) is 4.79 Å². The molecule has 3 aromatic rings. The Morgan fingerprint density at radius 1 is 1.03 bits per heavy atom. The van der Waals surface area contributed by atoms with E-state index in [0.717, 1.165) is 42.7 Å². The highest BCUT2D eigenvalue weighted by Gasteiger charge is 2.36. The summed E-state index contributed by atoms with van der Waals surface area (Å²) in [6.07, 6.45) is 5.34. The summed E-state index contributed by atoms with van der Waals surface area (Å²) in [6, 6.07) is 13.5. The second kappa shape index (κ2) is 8.73.